The fraction of sp³-hybridized carbons (Fsp3) is 0.200. The predicted molar refractivity (Wildman–Crippen MR) is 73.8 cm³/mol. The molecule has 0 amide bonds. The van der Waals surface area contributed by atoms with Crippen molar-refractivity contribution >= 4 is 22.8 Å². The van der Waals surface area contributed by atoms with Crippen molar-refractivity contribution < 1.29 is 19.1 Å². The van der Waals surface area contributed by atoms with Crippen LogP contribution in [0.5, 0.6) is 0 Å². The molecule has 106 valence electrons. The summed E-state index contributed by atoms with van der Waals surface area (Å²) in [5.41, 5.74) is 0.996. The topological polar surface area (TPSA) is 89.3 Å². The number of fused-ring (bicyclic) bond motifs is 1. The first kappa shape index (κ1) is 14.5. The van der Waals surface area contributed by atoms with E-state index in [0.29, 0.717) is 16.5 Å². The summed E-state index contributed by atoms with van der Waals surface area (Å²) in [4.78, 5) is 27.8. The first-order valence-corrected chi connectivity index (χ1v) is 6.21. The molecule has 0 atom stereocenters. The van der Waals surface area contributed by atoms with Gasteiger partial charge < -0.3 is 9.47 Å². The first-order valence-electron chi connectivity index (χ1n) is 6.21. The third-order valence-electron chi connectivity index (χ3n) is 2.83. The highest BCUT2D eigenvalue weighted by molar-refractivity contribution is 6.06. The van der Waals surface area contributed by atoms with Crippen LogP contribution in [0.1, 0.15) is 33.3 Å². The molecule has 0 N–H and O–H groups in total. The minimum Gasteiger partial charge on any atom is -0.465 e. The van der Waals surface area contributed by atoms with Gasteiger partial charge in [-0.1, -0.05) is 0 Å². The molecule has 2 aromatic rings. The van der Waals surface area contributed by atoms with Crippen LogP contribution >= 0.6 is 0 Å². The van der Waals surface area contributed by atoms with E-state index in [1.165, 1.54) is 19.2 Å². The van der Waals surface area contributed by atoms with E-state index in [2.05, 4.69) is 4.98 Å². The van der Waals surface area contributed by atoms with E-state index in [-0.39, 0.29) is 17.9 Å². The normalized spacial score (nSPS) is 9.95. The van der Waals surface area contributed by atoms with Gasteiger partial charge in [-0.05, 0) is 31.2 Å². The van der Waals surface area contributed by atoms with Crippen molar-refractivity contribution in [3.8, 4) is 6.07 Å². The number of nitrogens with zero attached hydrogens (tertiary/aromatic N) is 2. The molecule has 21 heavy (non-hydrogen) atoms. The molecule has 0 bridgehead atoms. The molecule has 0 spiro atoms. The Kier molecular flexibility index (Phi) is 4.14. The number of hydrogen-bond donors (Lipinski definition) is 0. The van der Waals surface area contributed by atoms with Crippen LogP contribution in [0.25, 0.3) is 10.9 Å². The lowest BCUT2D eigenvalue weighted by molar-refractivity contribution is 0.0520. The second kappa shape index (κ2) is 6.01. The maximum atomic E-state index is 11.9. The van der Waals surface area contributed by atoms with E-state index >= 15 is 0 Å². The van der Waals surface area contributed by atoms with Gasteiger partial charge in [0.15, 0.2) is 0 Å². The lowest BCUT2D eigenvalue weighted by atomic mass is 10.0. The summed E-state index contributed by atoms with van der Waals surface area (Å²) < 4.78 is 9.60. The summed E-state index contributed by atoms with van der Waals surface area (Å²) in [6.07, 6.45) is 0. The number of methoxy groups -OCH3 is 1. The average molecular weight is 284 g/mol. The van der Waals surface area contributed by atoms with Crippen LogP contribution in [0, 0.1) is 11.3 Å². The number of benzene rings is 1. The lowest BCUT2D eigenvalue weighted by Crippen LogP contribution is -2.11. The smallest absolute Gasteiger partial charge is 0.356 e. The molecule has 0 fully saturated rings. The molecule has 2 rings (SSSR count). The summed E-state index contributed by atoms with van der Waals surface area (Å²) in [6, 6.07) is 7.97. The summed E-state index contributed by atoms with van der Waals surface area (Å²) in [5.74, 6) is -1.23. The van der Waals surface area contributed by atoms with Crippen molar-refractivity contribution in [2.75, 3.05) is 13.7 Å². The predicted octanol–water partition coefficient (Wildman–Crippen LogP) is 2.07. The maximum absolute atomic E-state index is 11.9. The quantitative estimate of drug-likeness (QED) is 0.801. The largest absolute Gasteiger partial charge is 0.465 e. The molecule has 6 nitrogen and oxygen atoms in total. The highest BCUT2D eigenvalue weighted by Gasteiger charge is 2.18. The number of rotatable bonds is 3. The monoisotopic (exact) mass is 284 g/mol. The van der Waals surface area contributed by atoms with Crippen LogP contribution in [0.15, 0.2) is 24.3 Å². The fourth-order valence-electron chi connectivity index (χ4n) is 1.88. The number of nitriles is 1. The van der Waals surface area contributed by atoms with E-state index in [1.54, 1.807) is 19.1 Å². The molecule has 0 radical (unpaired) electrons. The zero-order valence-corrected chi connectivity index (χ0v) is 11.5. The van der Waals surface area contributed by atoms with Crippen molar-refractivity contribution in [1.29, 1.82) is 5.26 Å². The average Bonchev–Trinajstić information content (AvgIpc) is 2.52. The first-order chi connectivity index (χ1) is 10.1. The molecule has 0 saturated heterocycles. The number of esters is 2. The van der Waals surface area contributed by atoms with Gasteiger partial charge >= 0.3 is 11.9 Å². The van der Waals surface area contributed by atoms with Gasteiger partial charge in [0.25, 0.3) is 0 Å². The van der Waals surface area contributed by atoms with Crippen LogP contribution in [0.3, 0.4) is 0 Å². The van der Waals surface area contributed by atoms with Crippen LogP contribution in [0.2, 0.25) is 0 Å². The Hall–Kier alpha value is -2.94. The number of hydrogen-bond acceptors (Lipinski definition) is 6. The molecule has 1 aromatic heterocycles. The highest BCUT2D eigenvalue weighted by Crippen LogP contribution is 2.21. The van der Waals surface area contributed by atoms with E-state index < -0.39 is 11.9 Å². The summed E-state index contributed by atoms with van der Waals surface area (Å²) in [7, 11) is 1.24. The third-order valence-corrected chi connectivity index (χ3v) is 2.83. The van der Waals surface area contributed by atoms with Crippen molar-refractivity contribution in [3.63, 3.8) is 0 Å². The van der Waals surface area contributed by atoms with Crippen LogP contribution in [-0.2, 0) is 9.47 Å². The zero-order chi connectivity index (χ0) is 15.4. The van der Waals surface area contributed by atoms with Crippen LogP contribution in [0.4, 0.5) is 0 Å². The number of carbonyl (C=O) groups excluding carboxylic acids is 2. The summed E-state index contributed by atoms with van der Waals surface area (Å²) in [5, 5.41) is 9.39. The maximum Gasteiger partial charge on any atom is 0.356 e. The Bertz CT molecular complexity index is 762. The van der Waals surface area contributed by atoms with Crippen molar-refractivity contribution in [1.82, 2.24) is 4.98 Å². The molecular formula is C15H12N2O4. The van der Waals surface area contributed by atoms with E-state index in [0.717, 1.165) is 0 Å². The standard InChI is InChI=1S/C15H12N2O4/c1-3-21-15(19)13-7-11(14(18)20-2)10-6-9(8-16)4-5-12(10)17-13/h4-7H,3H2,1-2H3. The molecular weight excluding hydrogens is 272 g/mol. The lowest BCUT2D eigenvalue weighted by Gasteiger charge is -2.08. The van der Waals surface area contributed by atoms with Crippen LogP contribution < -0.4 is 0 Å². The van der Waals surface area contributed by atoms with Gasteiger partial charge in [0, 0.05) is 5.39 Å². The molecule has 6 heteroatoms. The molecule has 0 unspecified atom stereocenters. The Balaban J connectivity index is 2.70. The molecule has 1 heterocycles. The molecule has 0 aliphatic heterocycles. The summed E-state index contributed by atoms with van der Waals surface area (Å²) >= 11 is 0. The molecule has 0 saturated carbocycles. The number of carbonyl (C=O) groups is 2. The van der Waals surface area contributed by atoms with Crippen molar-refractivity contribution in [3.05, 3.63) is 41.1 Å². The van der Waals surface area contributed by atoms with Gasteiger partial charge in [-0.2, -0.15) is 5.26 Å². The Morgan fingerprint density at radius 2 is 2.05 bits per heavy atom. The van der Waals surface area contributed by atoms with E-state index in [4.69, 9.17) is 14.7 Å². The Morgan fingerprint density at radius 3 is 2.67 bits per heavy atom. The zero-order valence-electron chi connectivity index (χ0n) is 11.5. The van der Waals surface area contributed by atoms with Crippen LogP contribution in [-0.4, -0.2) is 30.6 Å². The number of ether oxygens (including phenoxy) is 2. The van der Waals surface area contributed by atoms with Gasteiger partial charge in [-0.3, -0.25) is 0 Å². The minimum absolute atomic E-state index is 0.0226. The van der Waals surface area contributed by atoms with E-state index in [9.17, 15) is 9.59 Å². The molecule has 0 aliphatic rings. The van der Waals surface area contributed by atoms with Gasteiger partial charge in [0.05, 0.1) is 36.4 Å². The minimum atomic E-state index is -0.617. The van der Waals surface area contributed by atoms with Gasteiger partial charge in [0.2, 0.25) is 0 Å². The van der Waals surface area contributed by atoms with Gasteiger partial charge in [0.1, 0.15) is 5.69 Å². The van der Waals surface area contributed by atoms with Crippen molar-refractivity contribution in [2.45, 2.75) is 6.92 Å². The Morgan fingerprint density at radius 1 is 1.29 bits per heavy atom. The highest BCUT2D eigenvalue weighted by atomic mass is 16.5. The van der Waals surface area contributed by atoms with Crippen molar-refractivity contribution in [2.24, 2.45) is 0 Å². The molecule has 1 aromatic carbocycles. The fourth-order valence-corrected chi connectivity index (χ4v) is 1.88. The number of pyridine rings is 1. The SMILES string of the molecule is CCOC(=O)c1cc(C(=O)OC)c2cc(C#N)ccc2n1. The second-order valence-electron chi connectivity index (χ2n) is 4.11. The second-order valence-corrected chi connectivity index (χ2v) is 4.11. The van der Waals surface area contributed by atoms with E-state index in [1.807, 2.05) is 6.07 Å². The molecule has 0 aliphatic carbocycles. The Labute approximate surface area is 120 Å². The van der Waals surface area contributed by atoms with Gasteiger partial charge in [-0.15, -0.1) is 0 Å². The summed E-state index contributed by atoms with van der Waals surface area (Å²) in [6.45, 7) is 1.89. The van der Waals surface area contributed by atoms with Gasteiger partial charge in [-0.25, -0.2) is 14.6 Å². The number of aromatic nitrogens is 1. The third kappa shape index (κ3) is 2.82.